The van der Waals surface area contributed by atoms with Crippen molar-refractivity contribution in [1.29, 1.82) is 0 Å². The number of urea groups is 1. The second-order valence-corrected chi connectivity index (χ2v) is 8.11. The Morgan fingerprint density at radius 2 is 2.12 bits per heavy atom. The molecule has 0 bridgehead atoms. The minimum Gasteiger partial charge on any atom is -0.494 e. The molecule has 1 N–H and O–H groups in total. The zero-order valence-corrected chi connectivity index (χ0v) is 15.9. The summed E-state index contributed by atoms with van der Waals surface area (Å²) in [5.74, 6) is 0.849. The molecule has 1 aliphatic rings. The molecule has 2 heterocycles. The third-order valence-electron chi connectivity index (χ3n) is 4.07. The van der Waals surface area contributed by atoms with Crippen LogP contribution in [0.2, 0.25) is 0 Å². The molecule has 1 aromatic heterocycles. The van der Waals surface area contributed by atoms with Crippen molar-refractivity contribution in [2.45, 2.75) is 46.1 Å². The number of ether oxygens (including phenoxy) is 1. The quantitative estimate of drug-likeness (QED) is 0.903. The van der Waals surface area contributed by atoms with E-state index in [2.05, 4.69) is 42.4 Å². The highest BCUT2D eigenvalue weighted by Crippen LogP contribution is 2.28. The number of benzene rings is 1. The van der Waals surface area contributed by atoms with Gasteiger partial charge in [0, 0.05) is 18.5 Å². The molecule has 0 radical (unpaired) electrons. The van der Waals surface area contributed by atoms with Crippen molar-refractivity contribution in [1.82, 2.24) is 15.1 Å². The zero-order chi connectivity index (χ0) is 18.0. The first-order valence-electron chi connectivity index (χ1n) is 8.51. The van der Waals surface area contributed by atoms with Crippen molar-refractivity contribution < 1.29 is 9.53 Å². The highest BCUT2D eigenvalue weighted by atomic mass is 32.1. The molecule has 134 valence electrons. The Hall–Kier alpha value is -2.15. The van der Waals surface area contributed by atoms with Gasteiger partial charge in [0.15, 0.2) is 0 Å². The molecule has 0 spiro atoms. The number of hydrogen-bond acceptors (Lipinski definition) is 5. The molecule has 0 unspecified atom stereocenters. The molecule has 0 atom stereocenters. The average molecular weight is 360 g/mol. The van der Waals surface area contributed by atoms with Crippen LogP contribution in [0.5, 0.6) is 5.75 Å². The minimum atomic E-state index is -0.135. The van der Waals surface area contributed by atoms with Crippen LogP contribution in [0.3, 0.4) is 0 Å². The molecule has 2 aromatic rings. The van der Waals surface area contributed by atoms with Gasteiger partial charge in [-0.15, -0.1) is 10.2 Å². The Morgan fingerprint density at radius 1 is 1.32 bits per heavy atom. The van der Waals surface area contributed by atoms with Crippen LogP contribution in [0.4, 0.5) is 9.93 Å². The average Bonchev–Trinajstić information content (AvgIpc) is 3.03. The van der Waals surface area contributed by atoms with Crippen molar-refractivity contribution >= 4 is 22.5 Å². The SMILES string of the molecule is CCOc1ccc2c(c1)CN(C(=O)Nc1nnc(C(C)(C)C)s1)CC2. The van der Waals surface area contributed by atoms with Crippen molar-refractivity contribution in [3.8, 4) is 5.75 Å². The summed E-state index contributed by atoms with van der Waals surface area (Å²) in [6.07, 6.45) is 0.846. The van der Waals surface area contributed by atoms with Crippen LogP contribution in [0.25, 0.3) is 0 Å². The molecule has 25 heavy (non-hydrogen) atoms. The third kappa shape index (κ3) is 4.10. The number of hydrogen-bond donors (Lipinski definition) is 1. The van der Waals surface area contributed by atoms with Gasteiger partial charge >= 0.3 is 6.03 Å². The summed E-state index contributed by atoms with van der Waals surface area (Å²) in [4.78, 5) is 14.4. The van der Waals surface area contributed by atoms with Gasteiger partial charge in [-0.2, -0.15) is 0 Å². The van der Waals surface area contributed by atoms with E-state index >= 15 is 0 Å². The summed E-state index contributed by atoms with van der Waals surface area (Å²) in [7, 11) is 0. The van der Waals surface area contributed by atoms with Gasteiger partial charge in [0.05, 0.1) is 6.61 Å². The monoisotopic (exact) mass is 360 g/mol. The van der Waals surface area contributed by atoms with Gasteiger partial charge in [0.1, 0.15) is 10.8 Å². The standard InChI is InChI=1S/C18H24N4O2S/c1-5-24-14-7-6-12-8-9-22(11-13(12)10-14)17(23)19-16-21-20-15(25-16)18(2,3)4/h6-7,10H,5,8-9,11H2,1-4H3,(H,19,21,23). The van der Waals surface area contributed by atoms with E-state index in [-0.39, 0.29) is 11.4 Å². The fourth-order valence-electron chi connectivity index (χ4n) is 2.71. The molecule has 0 aliphatic carbocycles. The number of anilines is 1. The number of fused-ring (bicyclic) bond motifs is 1. The molecule has 3 rings (SSSR count). The highest BCUT2D eigenvalue weighted by molar-refractivity contribution is 7.15. The fourth-order valence-corrected chi connectivity index (χ4v) is 3.50. The largest absolute Gasteiger partial charge is 0.494 e. The molecule has 7 heteroatoms. The molecule has 0 saturated heterocycles. The predicted molar refractivity (Wildman–Crippen MR) is 99.4 cm³/mol. The zero-order valence-electron chi connectivity index (χ0n) is 15.1. The number of carbonyl (C=O) groups excluding carboxylic acids is 1. The van der Waals surface area contributed by atoms with E-state index < -0.39 is 0 Å². The van der Waals surface area contributed by atoms with Crippen molar-refractivity contribution in [3.63, 3.8) is 0 Å². The summed E-state index contributed by atoms with van der Waals surface area (Å²) in [5, 5.41) is 12.6. The van der Waals surface area contributed by atoms with Crippen LogP contribution in [0.15, 0.2) is 18.2 Å². The van der Waals surface area contributed by atoms with E-state index in [0.717, 1.165) is 22.7 Å². The van der Waals surface area contributed by atoms with Crippen LogP contribution in [-0.2, 0) is 18.4 Å². The maximum absolute atomic E-state index is 12.6. The first kappa shape index (κ1) is 17.7. The summed E-state index contributed by atoms with van der Waals surface area (Å²) in [5.41, 5.74) is 2.35. The van der Waals surface area contributed by atoms with E-state index in [0.29, 0.717) is 24.8 Å². The van der Waals surface area contributed by atoms with Crippen molar-refractivity contribution in [3.05, 3.63) is 34.3 Å². The highest BCUT2D eigenvalue weighted by Gasteiger charge is 2.24. The maximum atomic E-state index is 12.6. The second-order valence-electron chi connectivity index (χ2n) is 7.13. The molecule has 6 nitrogen and oxygen atoms in total. The summed E-state index contributed by atoms with van der Waals surface area (Å²) in [6, 6.07) is 5.98. The fraction of sp³-hybridized carbons (Fsp3) is 0.500. The van der Waals surface area contributed by atoms with E-state index in [9.17, 15) is 4.79 Å². The lowest BCUT2D eigenvalue weighted by Gasteiger charge is -2.28. The van der Waals surface area contributed by atoms with Crippen LogP contribution >= 0.6 is 11.3 Å². The van der Waals surface area contributed by atoms with Gasteiger partial charge < -0.3 is 9.64 Å². The van der Waals surface area contributed by atoms with Gasteiger partial charge in [-0.3, -0.25) is 5.32 Å². The Bertz CT molecular complexity index is 767. The molecule has 1 aromatic carbocycles. The van der Waals surface area contributed by atoms with Crippen molar-refractivity contribution in [2.75, 3.05) is 18.5 Å². The topological polar surface area (TPSA) is 67.3 Å². The lowest BCUT2D eigenvalue weighted by Crippen LogP contribution is -2.38. The normalized spacial score (nSPS) is 14.2. The lowest BCUT2D eigenvalue weighted by atomic mass is 9.98. The van der Waals surface area contributed by atoms with Gasteiger partial charge in [0.2, 0.25) is 5.13 Å². The van der Waals surface area contributed by atoms with E-state index in [1.54, 1.807) is 4.90 Å². The van der Waals surface area contributed by atoms with Gasteiger partial charge in [-0.25, -0.2) is 4.79 Å². The first-order valence-corrected chi connectivity index (χ1v) is 9.33. The predicted octanol–water partition coefficient (Wildman–Crippen LogP) is 3.82. The Morgan fingerprint density at radius 3 is 2.80 bits per heavy atom. The van der Waals surface area contributed by atoms with Crippen LogP contribution in [0.1, 0.15) is 43.8 Å². The lowest BCUT2D eigenvalue weighted by molar-refractivity contribution is 0.206. The minimum absolute atomic E-state index is 0.0691. The third-order valence-corrected chi connectivity index (χ3v) is 5.33. The first-order chi connectivity index (χ1) is 11.9. The number of nitrogens with one attached hydrogen (secondary N) is 1. The van der Waals surface area contributed by atoms with E-state index in [1.165, 1.54) is 16.9 Å². The Balaban J connectivity index is 1.67. The number of amides is 2. The molecule has 1 aliphatic heterocycles. The van der Waals surface area contributed by atoms with Crippen LogP contribution in [0, 0.1) is 0 Å². The van der Waals surface area contributed by atoms with Crippen LogP contribution in [-0.4, -0.2) is 34.3 Å². The van der Waals surface area contributed by atoms with E-state index in [1.807, 2.05) is 19.1 Å². The van der Waals surface area contributed by atoms with Gasteiger partial charge in [-0.1, -0.05) is 38.2 Å². The Labute approximate surface area is 152 Å². The summed E-state index contributed by atoms with van der Waals surface area (Å²) >= 11 is 1.43. The molecular formula is C18H24N4O2S. The summed E-state index contributed by atoms with van der Waals surface area (Å²) in [6.45, 7) is 10.1. The van der Waals surface area contributed by atoms with Gasteiger partial charge in [0.25, 0.3) is 0 Å². The van der Waals surface area contributed by atoms with Crippen molar-refractivity contribution in [2.24, 2.45) is 0 Å². The van der Waals surface area contributed by atoms with E-state index in [4.69, 9.17) is 4.74 Å². The van der Waals surface area contributed by atoms with Crippen LogP contribution < -0.4 is 10.1 Å². The number of carbonyl (C=O) groups is 1. The molecular weight excluding hydrogens is 336 g/mol. The summed E-state index contributed by atoms with van der Waals surface area (Å²) < 4.78 is 5.56. The maximum Gasteiger partial charge on any atom is 0.324 e. The van der Waals surface area contributed by atoms with Gasteiger partial charge in [-0.05, 0) is 36.6 Å². The number of nitrogens with zero attached hydrogens (tertiary/aromatic N) is 3. The number of aromatic nitrogens is 2. The smallest absolute Gasteiger partial charge is 0.324 e. The molecule has 0 saturated carbocycles. The number of rotatable bonds is 3. The second kappa shape index (κ2) is 7.00. The molecule has 2 amide bonds. The Kier molecular flexibility index (Phi) is 4.94. The molecule has 0 fully saturated rings.